The number of aryl methyl sites for hydroxylation is 2. The second kappa shape index (κ2) is 9.18. The molecule has 1 amide bonds. The zero-order chi connectivity index (χ0) is 22.7. The van der Waals surface area contributed by atoms with Crippen molar-refractivity contribution in [3.63, 3.8) is 0 Å². The Balaban J connectivity index is 1.50. The Morgan fingerprint density at radius 3 is 2.62 bits per heavy atom. The number of furan rings is 1. The number of rotatable bonds is 8. The molecule has 0 radical (unpaired) electrons. The van der Waals surface area contributed by atoms with Crippen LogP contribution >= 0.6 is 0 Å². The van der Waals surface area contributed by atoms with Gasteiger partial charge in [-0.25, -0.2) is 0 Å². The quantitative estimate of drug-likeness (QED) is 0.394. The summed E-state index contributed by atoms with van der Waals surface area (Å²) in [4.78, 5) is 13.0. The number of aromatic nitrogens is 1. The van der Waals surface area contributed by atoms with E-state index in [1.54, 1.807) is 18.2 Å². The lowest BCUT2D eigenvalue weighted by Crippen LogP contribution is -2.26. The number of carbonyl (C=O) groups excluding carboxylic acids is 1. The van der Waals surface area contributed by atoms with Crippen LogP contribution in [0.5, 0.6) is 11.5 Å². The lowest BCUT2D eigenvalue weighted by Gasteiger charge is -2.14. The molecule has 7 nitrogen and oxygen atoms in total. The zero-order valence-corrected chi connectivity index (χ0v) is 18.6. The average Bonchev–Trinajstić information content (AvgIpc) is 3.36. The van der Waals surface area contributed by atoms with Gasteiger partial charge in [0, 0.05) is 5.39 Å². The maximum Gasteiger partial charge on any atom is 0.255 e. The number of hydrogen-bond donors (Lipinski definition) is 1. The number of nitrogens with one attached hydrogen (secondary N) is 1. The van der Waals surface area contributed by atoms with E-state index in [9.17, 15) is 4.79 Å². The highest BCUT2D eigenvalue weighted by molar-refractivity contribution is 5.97. The predicted octanol–water partition coefficient (Wildman–Crippen LogP) is 5.51. The van der Waals surface area contributed by atoms with Gasteiger partial charge >= 0.3 is 0 Å². The summed E-state index contributed by atoms with van der Waals surface area (Å²) in [5.74, 6) is 2.27. The minimum atomic E-state index is -0.347. The Hall–Kier alpha value is -3.74. The Morgan fingerprint density at radius 1 is 1.09 bits per heavy atom. The van der Waals surface area contributed by atoms with Gasteiger partial charge in [-0.15, -0.1) is 0 Å². The minimum Gasteiger partial charge on any atom is -0.490 e. The van der Waals surface area contributed by atoms with E-state index in [0.29, 0.717) is 40.8 Å². The monoisotopic (exact) mass is 434 g/mol. The van der Waals surface area contributed by atoms with Crippen LogP contribution in [0.15, 0.2) is 57.5 Å². The molecule has 166 valence electrons. The second-order valence-corrected chi connectivity index (χ2v) is 7.54. The molecule has 0 aliphatic heterocycles. The van der Waals surface area contributed by atoms with E-state index in [-0.39, 0.29) is 18.6 Å². The van der Waals surface area contributed by atoms with Gasteiger partial charge in [-0.2, -0.15) is 0 Å². The van der Waals surface area contributed by atoms with Crippen molar-refractivity contribution in [3.05, 3.63) is 76.9 Å². The number of para-hydroxylation sites is 2. The number of fused-ring (bicyclic) bond motifs is 1. The first-order valence-electron chi connectivity index (χ1n) is 10.6. The van der Waals surface area contributed by atoms with Crippen molar-refractivity contribution in [1.29, 1.82) is 0 Å². The fraction of sp³-hybridized carbons (Fsp3) is 0.280. The molecule has 7 heteroatoms. The first kappa shape index (κ1) is 21.5. The molecule has 0 fully saturated rings. The molecular weight excluding hydrogens is 408 g/mol. The van der Waals surface area contributed by atoms with Gasteiger partial charge in [0.2, 0.25) is 0 Å². The van der Waals surface area contributed by atoms with Crippen LogP contribution in [0.3, 0.4) is 0 Å². The smallest absolute Gasteiger partial charge is 0.255 e. The topological polar surface area (TPSA) is 86.7 Å². The standard InChI is InChI=1S/C25H26N2O5/c1-5-29-22-12-8-9-18-13-23(31-24(18)22)16(3)26-25(28)19-10-6-7-11-21(19)30-14-20-15(2)27-32-17(20)4/h6-13,16H,5,14H2,1-4H3,(H,26,28). The van der Waals surface area contributed by atoms with Gasteiger partial charge in [0.25, 0.3) is 5.91 Å². The highest BCUT2D eigenvalue weighted by Crippen LogP contribution is 2.31. The Labute approximate surface area is 186 Å². The summed E-state index contributed by atoms with van der Waals surface area (Å²) in [5.41, 5.74) is 2.76. The minimum absolute atomic E-state index is 0.252. The van der Waals surface area contributed by atoms with E-state index in [1.807, 2.05) is 58.0 Å². The van der Waals surface area contributed by atoms with E-state index in [4.69, 9.17) is 18.4 Å². The van der Waals surface area contributed by atoms with E-state index in [0.717, 1.165) is 16.6 Å². The summed E-state index contributed by atoms with van der Waals surface area (Å²) in [6.07, 6.45) is 0. The summed E-state index contributed by atoms with van der Waals surface area (Å²) < 4.78 is 22.8. The van der Waals surface area contributed by atoms with Crippen LogP contribution in [0.1, 0.15) is 53.0 Å². The van der Waals surface area contributed by atoms with Gasteiger partial charge in [0.15, 0.2) is 11.3 Å². The van der Waals surface area contributed by atoms with Crippen LogP contribution in [0, 0.1) is 13.8 Å². The first-order valence-corrected chi connectivity index (χ1v) is 10.6. The largest absolute Gasteiger partial charge is 0.490 e. The van der Waals surface area contributed by atoms with Gasteiger partial charge in [-0.05, 0) is 52.0 Å². The number of hydrogen-bond acceptors (Lipinski definition) is 6. The number of benzene rings is 2. The van der Waals surface area contributed by atoms with Gasteiger partial charge < -0.3 is 23.7 Å². The molecule has 1 N–H and O–H groups in total. The van der Waals surface area contributed by atoms with Crippen LogP contribution < -0.4 is 14.8 Å². The van der Waals surface area contributed by atoms with Gasteiger partial charge in [-0.3, -0.25) is 4.79 Å². The van der Waals surface area contributed by atoms with Gasteiger partial charge in [0.05, 0.1) is 29.5 Å². The Kier molecular flexibility index (Phi) is 6.16. The van der Waals surface area contributed by atoms with E-state index >= 15 is 0 Å². The molecule has 0 saturated heterocycles. The highest BCUT2D eigenvalue weighted by atomic mass is 16.5. The lowest BCUT2D eigenvalue weighted by atomic mass is 10.1. The van der Waals surface area contributed by atoms with Crippen LogP contribution in [-0.2, 0) is 6.61 Å². The summed E-state index contributed by atoms with van der Waals surface area (Å²) in [6.45, 7) is 8.32. The molecule has 4 aromatic rings. The van der Waals surface area contributed by atoms with E-state index < -0.39 is 0 Å². The maximum atomic E-state index is 13.0. The number of ether oxygens (including phenoxy) is 2. The SMILES string of the molecule is CCOc1cccc2cc(C(C)NC(=O)c3ccccc3OCc3c(C)noc3C)oc12. The Morgan fingerprint density at radius 2 is 1.88 bits per heavy atom. The summed E-state index contributed by atoms with van der Waals surface area (Å²) >= 11 is 0. The van der Waals surface area contributed by atoms with Gasteiger partial charge in [-0.1, -0.05) is 29.4 Å². The highest BCUT2D eigenvalue weighted by Gasteiger charge is 2.20. The first-order chi connectivity index (χ1) is 15.5. The van der Waals surface area contributed by atoms with Crippen molar-refractivity contribution in [1.82, 2.24) is 10.5 Å². The molecule has 0 aliphatic rings. The average molecular weight is 434 g/mol. The normalized spacial score (nSPS) is 12.0. The molecular formula is C25H26N2O5. The van der Waals surface area contributed by atoms with Crippen molar-refractivity contribution >= 4 is 16.9 Å². The summed E-state index contributed by atoms with van der Waals surface area (Å²) in [7, 11) is 0. The molecule has 32 heavy (non-hydrogen) atoms. The number of amides is 1. The van der Waals surface area contributed by atoms with Crippen molar-refractivity contribution in [2.24, 2.45) is 0 Å². The molecule has 0 saturated carbocycles. The zero-order valence-electron chi connectivity index (χ0n) is 18.6. The molecule has 0 bridgehead atoms. The number of carbonyl (C=O) groups is 1. The molecule has 0 spiro atoms. The summed E-state index contributed by atoms with van der Waals surface area (Å²) in [6, 6.07) is 14.5. The lowest BCUT2D eigenvalue weighted by molar-refractivity contribution is 0.0931. The molecule has 2 aromatic carbocycles. The fourth-order valence-corrected chi connectivity index (χ4v) is 3.52. The third-order valence-corrected chi connectivity index (χ3v) is 5.29. The van der Waals surface area contributed by atoms with Crippen LogP contribution in [0.4, 0.5) is 0 Å². The van der Waals surface area contributed by atoms with Crippen molar-refractivity contribution in [3.8, 4) is 11.5 Å². The third-order valence-electron chi connectivity index (χ3n) is 5.29. The predicted molar refractivity (Wildman–Crippen MR) is 120 cm³/mol. The molecule has 2 aromatic heterocycles. The molecule has 4 rings (SSSR count). The molecule has 1 unspecified atom stereocenters. The Bertz CT molecular complexity index is 1220. The second-order valence-electron chi connectivity index (χ2n) is 7.54. The molecule has 0 aliphatic carbocycles. The fourth-order valence-electron chi connectivity index (χ4n) is 3.52. The molecule has 1 atom stereocenters. The van der Waals surface area contributed by atoms with Crippen LogP contribution in [-0.4, -0.2) is 17.7 Å². The number of nitrogens with zero attached hydrogens (tertiary/aromatic N) is 1. The molecule has 2 heterocycles. The van der Waals surface area contributed by atoms with Crippen LogP contribution in [0.2, 0.25) is 0 Å². The van der Waals surface area contributed by atoms with Gasteiger partial charge in [0.1, 0.15) is 23.9 Å². The van der Waals surface area contributed by atoms with Crippen molar-refractivity contribution in [2.45, 2.75) is 40.3 Å². The van der Waals surface area contributed by atoms with Crippen molar-refractivity contribution in [2.75, 3.05) is 6.61 Å². The maximum absolute atomic E-state index is 13.0. The van der Waals surface area contributed by atoms with Crippen LogP contribution in [0.25, 0.3) is 11.0 Å². The van der Waals surface area contributed by atoms with E-state index in [1.165, 1.54) is 0 Å². The summed E-state index contributed by atoms with van der Waals surface area (Å²) in [5, 5.41) is 7.86. The van der Waals surface area contributed by atoms with E-state index in [2.05, 4.69) is 10.5 Å². The van der Waals surface area contributed by atoms with Crippen molar-refractivity contribution < 1.29 is 23.2 Å². The third kappa shape index (κ3) is 4.32.